The Morgan fingerprint density at radius 3 is 2.50 bits per heavy atom. The van der Waals surface area contributed by atoms with Crippen molar-refractivity contribution < 1.29 is 0 Å². The Balaban J connectivity index is 2.16. The minimum Gasteiger partial charge on any atom is -0.665 e. The first-order valence-electron chi connectivity index (χ1n) is 4.53. The lowest BCUT2D eigenvalue weighted by atomic mass is 10.1. The Morgan fingerprint density at radius 2 is 1.83 bits per heavy atom. The van der Waals surface area contributed by atoms with Gasteiger partial charge >= 0.3 is 0 Å². The van der Waals surface area contributed by atoms with Gasteiger partial charge in [-0.2, -0.15) is 7.05 Å². The Labute approximate surface area is 74.8 Å². The Morgan fingerprint density at radius 1 is 1.08 bits per heavy atom. The summed E-state index contributed by atoms with van der Waals surface area (Å²) in [5, 5.41) is 4.07. The van der Waals surface area contributed by atoms with Crippen molar-refractivity contribution in [1.82, 2.24) is 0 Å². The van der Waals surface area contributed by atoms with Gasteiger partial charge in [0, 0.05) is 0 Å². The van der Waals surface area contributed by atoms with Crippen LogP contribution in [-0.4, -0.2) is 13.6 Å². The zero-order chi connectivity index (χ0) is 8.65. The van der Waals surface area contributed by atoms with E-state index in [0.717, 1.165) is 6.54 Å². The predicted octanol–water partition coefficient (Wildman–Crippen LogP) is 3.01. The van der Waals surface area contributed by atoms with Crippen LogP contribution in [0.1, 0.15) is 18.4 Å². The number of nitrogens with zero attached hydrogens (tertiary/aromatic N) is 1. The minimum atomic E-state index is 1.01. The van der Waals surface area contributed by atoms with Crippen LogP contribution in [0.5, 0.6) is 0 Å². The zero-order valence-electron chi connectivity index (χ0n) is 7.66. The molecule has 0 aliphatic rings. The molecule has 0 saturated heterocycles. The van der Waals surface area contributed by atoms with Crippen LogP contribution in [0.15, 0.2) is 30.3 Å². The van der Waals surface area contributed by atoms with Crippen molar-refractivity contribution in [2.24, 2.45) is 0 Å². The van der Waals surface area contributed by atoms with Gasteiger partial charge in [-0.15, -0.1) is 6.54 Å². The van der Waals surface area contributed by atoms with Crippen LogP contribution in [-0.2, 0) is 6.42 Å². The van der Waals surface area contributed by atoms with E-state index >= 15 is 0 Å². The van der Waals surface area contributed by atoms with E-state index in [4.69, 9.17) is 0 Å². The van der Waals surface area contributed by atoms with E-state index in [9.17, 15) is 0 Å². The molecule has 0 amide bonds. The highest BCUT2D eigenvalue weighted by Gasteiger charge is 1.88. The van der Waals surface area contributed by atoms with Gasteiger partial charge in [-0.3, -0.25) is 0 Å². The smallest absolute Gasteiger partial charge is 0.0279 e. The molecule has 0 heterocycles. The Kier molecular flexibility index (Phi) is 4.47. The van der Waals surface area contributed by atoms with E-state index in [0.29, 0.717) is 0 Å². The van der Waals surface area contributed by atoms with Gasteiger partial charge in [-0.1, -0.05) is 43.2 Å². The van der Waals surface area contributed by atoms with Crippen LogP contribution in [0.2, 0.25) is 0 Å². The van der Waals surface area contributed by atoms with Crippen LogP contribution < -0.4 is 0 Å². The average molecular weight is 162 g/mol. The number of rotatable bonds is 5. The number of aryl methyl sites for hydroxylation is 1. The van der Waals surface area contributed by atoms with Crippen LogP contribution in [0.25, 0.3) is 5.32 Å². The molecule has 0 spiro atoms. The van der Waals surface area contributed by atoms with Crippen LogP contribution in [0.3, 0.4) is 0 Å². The lowest BCUT2D eigenvalue weighted by Crippen LogP contribution is -1.87. The first kappa shape index (κ1) is 9.27. The topological polar surface area (TPSA) is 14.1 Å². The van der Waals surface area contributed by atoms with E-state index in [1.807, 2.05) is 7.05 Å². The van der Waals surface area contributed by atoms with Crippen molar-refractivity contribution in [1.29, 1.82) is 0 Å². The highest BCUT2D eigenvalue weighted by molar-refractivity contribution is 5.14. The lowest BCUT2D eigenvalue weighted by molar-refractivity contribution is 0.770. The molecular formula is C11H16N-. The first-order valence-corrected chi connectivity index (χ1v) is 4.53. The molecule has 0 N–H and O–H groups in total. The molecule has 1 heteroatoms. The molecular weight excluding hydrogens is 146 g/mol. The van der Waals surface area contributed by atoms with Crippen molar-refractivity contribution in [3.8, 4) is 0 Å². The molecule has 0 aliphatic heterocycles. The molecule has 0 saturated carbocycles. The molecule has 0 fully saturated rings. The summed E-state index contributed by atoms with van der Waals surface area (Å²) < 4.78 is 0. The maximum atomic E-state index is 4.07. The predicted molar refractivity (Wildman–Crippen MR) is 53.5 cm³/mol. The van der Waals surface area contributed by atoms with Crippen molar-refractivity contribution in [3.63, 3.8) is 0 Å². The molecule has 0 bridgehead atoms. The molecule has 66 valence electrons. The van der Waals surface area contributed by atoms with Gasteiger partial charge in [0.15, 0.2) is 0 Å². The maximum Gasteiger partial charge on any atom is -0.0279 e. The maximum absolute atomic E-state index is 4.07. The van der Waals surface area contributed by atoms with Crippen LogP contribution in [0, 0.1) is 0 Å². The summed E-state index contributed by atoms with van der Waals surface area (Å²) in [5.74, 6) is 0. The normalized spacial score (nSPS) is 10.1. The fraction of sp³-hybridized carbons (Fsp3) is 0.455. The third-order valence-electron chi connectivity index (χ3n) is 1.94. The van der Waals surface area contributed by atoms with E-state index in [1.165, 1.54) is 24.8 Å². The van der Waals surface area contributed by atoms with Gasteiger partial charge in [0.25, 0.3) is 0 Å². The molecule has 0 unspecified atom stereocenters. The van der Waals surface area contributed by atoms with Gasteiger partial charge in [0.1, 0.15) is 0 Å². The number of hydrogen-bond donors (Lipinski definition) is 0. The van der Waals surface area contributed by atoms with Crippen molar-refractivity contribution in [3.05, 3.63) is 41.2 Å². The summed E-state index contributed by atoms with van der Waals surface area (Å²) in [6, 6.07) is 10.6. The third kappa shape index (κ3) is 3.54. The highest BCUT2D eigenvalue weighted by atomic mass is 14.8. The van der Waals surface area contributed by atoms with Gasteiger partial charge < -0.3 is 5.32 Å². The van der Waals surface area contributed by atoms with E-state index in [2.05, 4.69) is 35.6 Å². The summed E-state index contributed by atoms with van der Waals surface area (Å²) in [6.07, 6.45) is 3.66. The van der Waals surface area contributed by atoms with Crippen molar-refractivity contribution in [2.75, 3.05) is 13.6 Å². The number of unbranched alkanes of at least 4 members (excludes halogenated alkanes) is 1. The summed E-state index contributed by atoms with van der Waals surface area (Å²) in [7, 11) is 1.88. The largest absolute Gasteiger partial charge is 0.665 e. The Bertz CT molecular complexity index is 193. The fourth-order valence-electron chi connectivity index (χ4n) is 1.24. The molecule has 1 nitrogen and oxygen atoms in total. The lowest BCUT2D eigenvalue weighted by Gasteiger charge is -2.09. The third-order valence-corrected chi connectivity index (χ3v) is 1.94. The van der Waals surface area contributed by atoms with E-state index in [1.54, 1.807) is 0 Å². The molecule has 12 heavy (non-hydrogen) atoms. The summed E-state index contributed by atoms with van der Waals surface area (Å²) in [5.41, 5.74) is 1.44. The number of benzene rings is 1. The van der Waals surface area contributed by atoms with Crippen LogP contribution >= 0.6 is 0 Å². The van der Waals surface area contributed by atoms with E-state index < -0.39 is 0 Å². The molecule has 1 aromatic carbocycles. The summed E-state index contributed by atoms with van der Waals surface area (Å²) >= 11 is 0. The van der Waals surface area contributed by atoms with E-state index in [-0.39, 0.29) is 0 Å². The standard InChI is InChI=1S/C11H16N/c1-12-10-6-5-9-11-7-3-2-4-8-11/h2-4,7-8H,5-6,9-10H2,1H3/q-1. The molecule has 0 aromatic heterocycles. The molecule has 1 aromatic rings. The second-order valence-electron chi connectivity index (χ2n) is 2.98. The highest BCUT2D eigenvalue weighted by Crippen LogP contribution is 2.04. The molecule has 1 rings (SSSR count). The second kappa shape index (κ2) is 5.78. The monoisotopic (exact) mass is 162 g/mol. The van der Waals surface area contributed by atoms with Gasteiger partial charge in [0.05, 0.1) is 0 Å². The summed E-state index contributed by atoms with van der Waals surface area (Å²) in [6.45, 7) is 1.01. The second-order valence-corrected chi connectivity index (χ2v) is 2.98. The van der Waals surface area contributed by atoms with Crippen molar-refractivity contribution >= 4 is 0 Å². The van der Waals surface area contributed by atoms with Crippen LogP contribution in [0.4, 0.5) is 0 Å². The minimum absolute atomic E-state index is 1.01. The quantitative estimate of drug-likeness (QED) is 0.591. The van der Waals surface area contributed by atoms with Gasteiger partial charge in [-0.25, -0.2) is 0 Å². The molecule has 0 aliphatic carbocycles. The van der Waals surface area contributed by atoms with Crippen molar-refractivity contribution in [2.45, 2.75) is 19.3 Å². The first-order chi connectivity index (χ1) is 5.93. The number of hydrogen-bond acceptors (Lipinski definition) is 0. The zero-order valence-corrected chi connectivity index (χ0v) is 7.66. The fourth-order valence-corrected chi connectivity index (χ4v) is 1.24. The summed E-state index contributed by atoms with van der Waals surface area (Å²) in [4.78, 5) is 0. The Hall–Kier alpha value is -0.820. The SMILES string of the molecule is C[N-]CCCCc1ccccc1. The molecule has 0 radical (unpaired) electrons. The van der Waals surface area contributed by atoms with Gasteiger partial charge in [0.2, 0.25) is 0 Å². The van der Waals surface area contributed by atoms with Gasteiger partial charge in [-0.05, 0) is 12.0 Å². The molecule has 0 atom stereocenters. The average Bonchev–Trinajstić information content (AvgIpc) is 2.14.